The Labute approximate surface area is 158 Å². The average Bonchev–Trinajstić information content (AvgIpc) is 2.69. The van der Waals surface area contributed by atoms with Gasteiger partial charge in [-0.2, -0.15) is 0 Å². The number of carbonyl (C=O) groups excluding carboxylic acids is 1. The smallest absolute Gasteiger partial charge is 0.269 e. The van der Waals surface area contributed by atoms with Crippen molar-refractivity contribution in [3.8, 4) is 0 Å². The fourth-order valence-electron chi connectivity index (χ4n) is 2.33. The zero-order valence-corrected chi connectivity index (χ0v) is 15.4. The minimum atomic E-state index is -0.467. The van der Waals surface area contributed by atoms with Crippen molar-refractivity contribution in [1.29, 1.82) is 0 Å². The average molecular weight is 382 g/mol. The molecule has 3 rings (SSSR count). The molecule has 4 nitrogen and oxygen atoms in total. The Kier molecular flexibility index (Phi) is 6.09. The van der Waals surface area contributed by atoms with E-state index in [2.05, 4.69) is 24.3 Å². The molecule has 6 heteroatoms. The molecule has 0 aliphatic carbocycles. The first-order valence-corrected chi connectivity index (χ1v) is 10.6. The normalized spacial score (nSPS) is 10.7. The Morgan fingerprint density at radius 1 is 0.846 bits per heavy atom. The lowest BCUT2D eigenvalue weighted by molar-refractivity contribution is -0.384. The standard InChI is InChI=1S/C20H16NO3S2/c22-20(16-11-13-17(14-12-16)21(23)24)15-25-26(18-7-3-1-4-8-18)19-9-5-2-6-10-19/h1-14H,15H2/q+1. The van der Waals surface area contributed by atoms with E-state index >= 15 is 0 Å². The van der Waals surface area contributed by atoms with Crippen LogP contribution < -0.4 is 0 Å². The van der Waals surface area contributed by atoms with E-state index in [-0.39, 0.29) is 21.4 Å². The molecule has 0 saturated carbocycles. The maximum absolute atomic E-state index is 12.5. The van der Waals surface area contributed by atoms with E-state index < -0.39 is 4.92 Å². The fraction of sp³-hybridized carbons (Fsp3) is 0.0500. The van der Waals surface area contributed by atoms with Gasteiger partial charge in [0.2, 0.25) is 0 Å². The van der Waals surface area contributed by atoms with Crippen molar-refractivity contribution in [2.45, 2.75) is 9.79 Å². The number of nitrogens with zero attached hydrogens (tertiary/aromatic N) is 1. The van der Waals surface area contributed by atoms with Gasteiger partial charge in [0.05, 0.1) is 4.92 Å². The molecule has 0 unspecified atom stereocenters. The number of hydrogen-bond acceptors (Lipinski definition) is 4. The highest BCUT2D eigenvalue weighted by atomic mass is 33.1. The number of nitro benzene ring substituents is 1. The SMILES string of the molecule is O=C(CS[S+](c1ccccc1)c1ccccc1)c1ccc([N+](=O)[O-])cc1. The fourth-order valence-corrected chi connectivity index (χ4v) is 6.23. The zero-order chi connectivity index (χ0) is 18.4. The molecule has 3 aromatic carbocycles. The van der Waals surface area contributed by atoms with Crippen molar-refractivity contribution in [3.05, 3.63) is 101 Å². The number of benzene rings is 3. The van der Waals surface area contributed by atoms with Crippen LogP contribution in [-0.2, 0) is 9.93 Å². The largest absolute Gasteiger partial charge is 0.293 e. The van der Waals surface area contributed by atoms with Gasteiger partial charge in [0.25, 0.3) is 5.69 Å². The number of rotatable bonds is 7. The number of hydrogen-bond donors (Lipinski definition) is 0. The first-order valence-electron chi connectivity index (χ1n) is 7.90. The summed E-state index contributed by atoms with van der Waals surface area (Å²) in [5.41, 5.74) is 0.482. The molecule has 130 valence electrons. The predicted octanol–water partition coefficient (Wildman–Crippen LogP) is 5.16. The number of Topliss-reactive ketones (excluding diaryl/α,β-unsaturated/α-hetero) is 1. The molecule has 0 N–H and O–H groups in total. The second kappa shape index (κ2) is 8.69. The molecule has 3 aromatic rings. The Morgan fingerprint density at radius 2 is 1.35 bits per heavy atom. The first kappa shape index (κ1) is 18.2. The van der Waals surface area contributed by atoms with Gasteiger partial charge in [0, 0.05) is 17.7 Å². The number of non-ortho nitro benzene ring substituents is 1. The Bertz CT molecular complexity index is 844. The van der Waals surface area contributed by atoms with Gasteiger partial charge in [-0.05, 0) is 36.4 Å². The molecular weight excluding hydrogens is 366 g/mol. The lowest BCUT2D eigenvalue weighted by atomic mass is 10.1. The van der Waals surface area contributed by atoms with Crippen molar-refractivity contribution in [2.75, 3.05) is 5.75 Å². The predicted molar refractivity (Wildman–Crippen MR) is 107 cm³/mol. The van der Waals surface area contributed by atoms with Gasteiger partial charge in [0.15, 0.2) is 15.6 Å². The van der Waals surface area contributed by atoms with Gasteiger partial charge in [-0.15, -0.1) is 0 Å². The summed E-state index contributed by atoms with van der Waals surface area (Å²) in [7, 11) is 1.32. The summed E-state index contributed by atoms with van der Waals surface area (Å²) in [4.78, 5) is 25.1. The van der Waals surface area contributed by atoms with Crippen molar-refractivity contribution in [2.24, 2.45) is 0 Å². The summed E-state index contributed by atoms with van der Waals surface area (Å²) in [5.74, 6) is 0.277. The molecule has 0 bridgehead atoms. The van der Waals surface area contributed by atoms with Gasteiger partial charge in [-0.1, -0.05) is 36.4 Å². The third-order valence-corrected chi connectivity index (χ3v) is 7.85. The van der Waals surface area contributed by atoms with Crippen molar-refractivity contribution in [1.82, 2.24) is 0 Å². The molecule has 26 heavy (non-hydrogen) atoms. The lowest BCUT2D eigenvalue weighted by Gasteiger charge is -2.06. The molecule has 0 amide bonds. The van der Waals surface area contributed by atoms with Gasteiger partial charge in [0.1, 0.15) is 26.5 Å². The molecule has 0 radical (unpaired) electrons. The second-order valence-electron chi connectivity index (χ2n) is 5.38. The van der Waals surface area contributed by atoms with Crippen LogP contribution in [0.25, 0.3) is 0 Å². The van der Waals surface area contributed by atoms with E-state index in [9.17, 15) is 14.9 Å². The Morgan fingerprint density at radius 3 is 1.81 bits per heavy atom. The van der Waals surface area contributed by atoms with E-state index in [0.29, 0.717) is 11.3 Å². The molecular formula is C20H16NO3S2+. The summed E-state index contributed by atoms with van der Waals surface area (Å²) in [5, 5.41) is 10.7. The van der Waals surface area contributed by atoms with Crippen molar-refractivity contribution in [3.63, 3.8) is 0 Å². The van der Waals surface area contributed by atoms with Crippen LogP contribution >= 0.6 is 10.8 Å². The van der Waals surface area contributed by atoms with Crippen LogP contribution in [0.3, 0.4) is 0 Å². The molecule has 0 aliphatic rings. The maximum atomic E-state index is 12.5. The van der Waals surface area contributed by atoms with Gasteiger partial charge in [-0.25, -0.2) is 0 Å². The highest BCUT2D eigenvalue weighted by Crippen LogP contribution is 2.34. The monoisotopic (exact) mass is 382 g/mol. The summed E-state index contributed by atoms with van der Waals surface area (Å²) < 4.78 is 0. The van der Waals surface area contributed by atoms with E-state index in [4.69, 9.17) is 0 Å². The van der Waals surface area contributed by atoms with E-state index in [1.54, 1.807) is 10.8 Å². The van der Waals surface area contributed by atoms with E-state index in [1.807, 2.05) is 36.4 Å². The van der Waals surface area contributed by atoms with E-state index in [1.165, 1.54) is 34.1 Å². The molecule has 0 heterocycles. The number of ketones is 1. The molecule has 0 aromatic heterocycles. The third kappa shape index (κ3) is 4.53. The maximum Gasteiger partial charge on any atom is 0.269 e. The second-order valence-corrected chi connectivity index (χ2v) is 9.10. The summed E-state index contributed by atoms with van der Waals surface area (Å²) >= 11 is 0. The minimum absolute atomic E-state index is 0.0116. The first-order chi connectivity index (χ1) is 12.6. The topological polar surface area (TPSA) is 60.2 Å². The quantitative estimate of drug-likeness (QED) is 0.186. The minimum Gasteiger partial charge on any atom is -0.293 e. The van der Waals surface area contributed by atoms with Crippen LogP contribution in [0, 0.1) is 10.1 Å². The van der Waals surface area contributed by atoms with Gasteiger partial charge in [-0.3, -0.25) is 14.9 Å². The van der Waals surface area contributed by atoms with Gasteiger partial charge >= 0.3 is 0 Å². The van der Waals surface area contributed by atoms with Crippen molar-refractivity contribution < 1.29 is 9.72 Å². The summed E-state index contributed by atoms with van der Waals surface area (Å²) in [6, 6.07) is 26.0. The molecule has 0 saturated heterocycles. The third-order valence-electron chi connectivity index (χ3n) is 3.62. The number of nitro groups is 1. The van der Waals surface area contributed by atoms with Crippen LogP contribution in [-0.4, -0.2) is 16.5 Å². The lowest BCUT2D eigenvalue weighted by Crippen LogP contribution is -2.07. The zero-order valence-electron chi connectivity index (χ0n) is 13.8. The molecule has 0 fully saturated rings. The Balaban J connectivity index is 1.75. The van der Waals surface area contributed by atoms with Crippen LogP contribution in [0.5, 0.6) is 0 Å². The summed E-state index contributed by atoms with van der Waals surface area (Å²) in [6.45, 7) is 0. The molecule has 0 spiro atoms. The van der Waals surface area contributed by atoms with Crippen LogP contribution in [0.15, 0.2) is 94.7 Å². The van der Waals surface area contributed by atoms with Crippen LogP contribution in [0.4, 0.5) is 5.69 Å². The highest BCUT2D eigenvalue weighted by Gasteiger charge is 2.28. The van der Waals surface area contributed by atoms with Crippen molar-refractivity contribution >= 4 is 32.2 Å². The summed E-state index contributed by atoms with van der Waals surface area (Å²) in [6.07, 6.45) is 0. The van der Waals surface area contributed by atoms with Gasteiger partial charge < -0.3 is 0 Å². The number of carbonyl (C=O) groups is 1. The molecule has 0 atom stereocenters. The van der Waals surface area contributed by atoms with Crippen LogP contribution in [0.1, 0.15) is 10.4 Å². The molecule has 0 aliphatic heterocycles. The Hall–Kier alpha value is -2.57. The van der Waals surface area contributed by atoms with E-state index in [0.717, 1.165) is 0 Å². The highest BCUT2D eigenvalue weighted by molar-refractivity contribution is 8.74. The van der Waals surface area contributed by atoms with Crippen LogP contribution in [0.2, 0.25) is 0 Å².